The number of hydrogen-bond donors (Lipinski definition) is 1. The fraction of sp³-hybridized carbons (Fsp3) is 0.176. The molecule has 132 valence electrons. The van der Waals surface area contributed by atoms with E-state index in [1.807, 2.05) is 0 Å². The molecule has 0 aromatic heterocycles. The van der Waals surface area contributed by atoms with Gasteiger partial charge < -0.3 is 9.47 Å². The lowest BCUT2D eigenvalue weighted by Crippen LogP contribution is -2.18. The van der Waals surface area contributed by atoms with Crippen molar-refractivity contribution in [3.05, 3.63) is 65.2 Å². The monoisotopic (exact) mass is 363 g/mol. The van der Waals surface area contributed by atoms with Gasteiger partial charge in [-0.25, -0.2) is 18.0 Å². The number of sulfonamides is 1. The summed E-state index contributed by atoms with van der Waals surface area (Å²) >= 11 is 0. The van der Waals surface area contributed by atoms with Gasteiger partial charge in [0.25, 0.3) is 0 Å². The first-order valence-corrected chi connectivity index (χ1v) is 8.86. The Labute approximate surface area is 145 Å². The second kappa shape index (κ2) is 7.80. The van der Waals surface area contributed by atoms with E-state index in [1.165, 1.54) is 32.4 Å². The quantitative estimate of drug-likeness (QED) is 0.790. The molecule has 0 amide bonds. The van der Waals surface area contributed by atoms with E-state index < -0.39 is 22.0 Å². The van der Waals surface area contributed by atoms with Crippen LogP contribution < -0.4 is 4.72 Å². The molecule has 0 aliphatic rings. The van der Waals surface area contributed by atoms with Crippen LogP contribution in [-0.2, 0) is 25.2 Å². The molecule has 0 heterocycles. The Hall–Kier alpha value is -2.87. The highest BCUT2D eigenvalue weighted by Gasteiger charge is 2.20. The highest BCUT2D eigenvalue weighted by molar-refractivity contribution is 7.91. The highest BCUT2D eigenvalue weighted by atomic mass is 32.2. The number of hydrogen-bond acceptors (Lipinski definition) is 6. The standard InChI is InChI=1S/C17H17NO6S/c1-23-16(19)13-8-9-14(17(20)24-2)15(10-13)18-25(21,22)11-12-6-4-3-5-7-12/h3-10,18H,11H2,1-2H3. The number of nitrogens with one attached hydrogen (secondary N) is 1. The Morgan fingerprint density at radius 2 is 1.60 bits per heavy atom. The minimum absolute atomic E-state index is 0.00760. The van der Waals surface area contributed by atoms with E-state index in [2.05, 4.69) is 14.2 Å². The van der Waals surface area contributed by atoms with Crippen LogP contribution in [0.2, 0.25) is 0 Å². The van der Waals surface area contributed by atoms with Gasteiger partial charge in [-0.3, -0.25) is 4.72 Å². The number of rotatable bonds is 6. The van der Waals surface area contributed by atoms with Crippen LogP contribution in [0.5, 0.6) is 0 Å². The summed E-state index contributed by atoms with van der Waals surface area (Å²) in [5, 5.41) is 0. The van der Waals surface area contributed by atoms with Crippen molar-refractivity contribution in [3.63, 3.8) is 0 Å². The summed E-state index contributed by atoms with van der Waals surface area (Å²) < 4.78 is 36.4. The molecule has 0 saturated carbocycles. The lowest BCUT2D eigenvalue weighted by Gasteiger charge is -2.13. The van der Waals surface area contributed by atoms with Crippen molar-refractivity contribution in [1.82, 2.24) is 0 Å². The summed E-state index contributed by atoms with van der Waals surface area (Å²) in [6, 6.07) is 12.5. The second-order valence-corrected chi connectivity index (χ2v) is 6.81. The van der Waals surface area contributed by atoms with Gasteiger partial charge in [0.2, 0.25) is 10.0 Å². The lowest BCUT2D eigenvalue weighted by molar-refractivity contribution is 0.0587. The third kappa shape index (κ3) is 4.80. The first kappa shape index (κ1) is 18.5. The Morgan fingerprint density at radius 3 is 2.20 bits per heavy atom. The summed E-state index contributed by atoms with van der Waals surface area (Å²) in [6.07, 6.45) is 0. The van der Waals surface area contributed by atoms with Crippen LogP contribution in [0, 0.1) is 0 Å². The van der Waals surface area contributed by atoms with E-state index in [9.17, 15) is 18.0 Å². The number of benzene rings is 2. The molecule has 2 aromatic rings. The van der Waals surface area contributed by atoms with Crippen molar-refractivity contribution in [2.24, 2.45) is 0 Å². The van der Waals surface area contributed by atoms with Gasteiger partial charge in [-0.2, -0.15) is 0 Å². The molecule has 0 fully saturated rings. The van der Waals surface area contributed by atoms with Gasteiger partial charge in [0.1, 0.15) is 0 Å². The van der Waals surface area contributed by atoms with Crippen LogP contribution in [0.4, 0.5) is 5.69 Å². The van der Waals surface area contributed by atoms with Gasteiger partial charge in [-0.15, -0.1) is 0 Å². The zero-order chi connectivity index (χ0) is 18.4. The number of esters is 2. The van der Waals surface area contributed by atoms with Crippen LogP contribution >= 0.6 is 0 Å². The maximum Gasteiger partial charge on any atom is 0.339 e. The maximum absolute atomic E-state index is 12.4. The van der Waals surface area contributed by atoms with Crippen LogP contribution in [-0.4, -0.2) is 34.6 Å². The smallest absolute Gasteiger partial charge is 0.339 e. The van der Waals surface area contributed by atoms with Gasteiger partial charge in [0, 0.05) is 0 Å². The molecular weight excluding hydrogens is 346 g/mol. The maximum atomic E-state index is 12.4. The third-order valence-corrected chi connectivity index (χ3v) is 4.56. The molecule has 8 heteroatoms. The van der Waals surface area contributed by atoms with Crippen molar-refractivity contribution in [2.75, 3.05) is 18.9 Å². The molecule has 2 aromatic carbocycles. The van der Waals surface area contributed by atoms with Crippen molar-refractivity contribution in [2.45, 2.75) is 5.75 Å². The number of carbonyl (C=O) groups excluding carboxylic acids is 2. The fourth-order valence-corrected chi connectivity index (χ4v) is 3.37. The van der Waals surface area contributed by atoms with Crippen molar-refractivity contribution < 1.29 is 27.5 Å². The average Bonchev–Trinajstić information content (AvgIpc) is 2.60. The Balaban J connectivity index is 2.37. The topological polar surface area (TPSA) is 98.8 Å². The minimum Gasteiger partial charge on any atom is -0.465 e. The Bertz CT molecular complexity index is 877. The molecule has 0 spiro atoms. The normalized spacial score (nSPS) is 10.8. The molecule has 0 radical (unpaired) electrons. The number of anilines is 1. The molecule has 0 aliphatic carbocycles. The van der Waals surface area contributed by atoms with Gasteiger partial charge in [0.15, 0.2) is 0 Å². The van der Waals surface area contributed by atoms with E-state index in [4.69, 9.17) is 0 Å². The zero-order valence-electron chi connectivity index (χ0n) is 13.7. The highest BCUT2D eigenvalue weighted by Crippen LogP contribution is 2.22. The molecule has 0 bridgehead atoms. The predicted molar refractivity (Wildman–Crippen MR) is 91.8 cm³/mol. The molecule has 0 saturated heterocycles. The molecule has 7 nitrogen and oxygen atoms in total. The zero-order valence-corrected chi connectivity index (χ0v) is 14.5. The van der Waals surface area contributed by atoms with Gasteiger partial charge >= 0.3 is 11.9 Å². The number of methoxy groups -OCH3 is 2. The van der Waals surface area contributed by atoms with Crippen LogP contribution in [0.1, 0.15) is 26.3 Å². The van der Waals surface area contributed by atoms with Crippen LogP contribution in [0.3, 0.4) is 0 Å². The molecule has 25 heavy (non-hydrogen) atoms. The van der Waals surface area contributed by atoms with Crippen LogP contribution in [0.15, 0.2) is 48.5 Å². The van der Waals surface area contributed by atoms with E-state index in [0.717, 1.165) is 0 Å². The van der Waals surface area contributed by atoms with Crippen molar-refractivity contribution in [1.29, 1.82) is 0 Å². The predicted octanol–water partition coefficient (Wildman–Crippen LogP) is 2.20. The van der Waals surface area contributed by atoms with E-state index in [-0.39, 0.29) is 22.6 Å². The summed E-state index contributed by atoms with van der Waals surface area (Å²) in [5.74, 6) is -1.66. The van der Waals surface area contributed by atoms with Gasteiger partial charge in [0.05, 0.1) is 36.8 Å². The summed E-state index contributed by atoms with van der Waals surface area (Å²) in [7, 11) is -1.43. The molecule has 0 unspecified atom stereocenters. The average molecular weight is 363 g/mol. The fourth-order valence-electron chi connectivity index (χ4n) is 2.16. The second-order valence-electron chi connectivity index (χ2n) is 5.09. The lowest BCUT2D eigenvalue weighted by atomic mass is 10.1. The number of ether oxygens (including phenoxy) is 2. The molecule has 1 N–H and O–H groups in total. The Morgan fingerprint density at radius 1 is 0.960 bits per heavy atom. The molecular formula is C17H17NO6S. The molecule has 2 rings (SSSR count). The van der Waals surface area contributed by atoms with Crippen molar-refractivity contribution >= 4 is 27.6 Å². The molecule has 0 aliphatic heterocycles. The van der Waals surface area contributed by atoms with Gasteiger partial charge in [-0.05, 0) is 23.8 Å². The number of carbonyl (C=O) groups is 2. The summed E-state index contributed by atoms with van der Waals surface area (Å²) in [4.78, 5) is 23.5. The third-order valence-electron chi connectivity index (χ3n) is 3.31. The molecule has 0 atom stereocenters. The van der Waals surface area contributed by atoms with Gasteiger partial charge in [-0.1, -0.05) is 30.3 Å². The van der Waals surface area contributed by atoms with E-state index in [1.54, 1.807) is 30.3 Å². The summed E-state index contributed by atoms with van der Waals surface area (Å²) in [6.45, 7) is 0. The van der Waals surface area contributed by atoms with E-state index >= 15 is 0 Å². The Kier molecular flexibility index (Phi) is 5.76. The van der Waals surface area contributed by atoms with E-state index in [0.29, 0.717) is 5.56 Å². The SMILES string of the molecule is COC(=O)c1ccc(C(=O)OC)c(NS(=O)(=O)Cc2ccccc2)c1. The first-order chi connectivity index (χ1) is 11.9. The largest absolute Gasteiger partial charge is 0.465 e. The van der Waals surface area contributed by atoms with Crippen molar-refractivity contribution in [3.8, 4) is 0 Å². The minimum atomic E-state index is -3.81. The van der Waals surface area contributed by atoms with Crippen LogP contribution in [0.25, 0.3) is 0 Å². The first-order valence-electron chi connectivity index (χ1n) is 7.21. The summed E-state index contributed by atoms with van der Waals surface area (Å²) in [5.41, 5.74) is 0.628.